The molecule has 6 nitrogen and oxygen atoms in total. The fraction of sp³-hybridized carbons (Fsp3) is 0.467. The van der Waals surface area contributed by atoms with E-state index in [4.69, 9.17) is 5.14 Å². The molecule has 23 heavy (non-hydrogen) atoms. The second-order valence-corrected chi connectivity index (χ2v) is 7.52. The summed E-state index contributed by atoms with van der Waals surface area (Å²) in [5.41, 5.74) is 3.47. The van der Waals surface area contributed by atoms with E-state index in [0.29, 0.717) is 6.42 Å². The predicted molar refractivity (Wildman–Crippen MR) is 97.7 cm³/mol. The van der Waals surface area contributed by atoms with E-state index in [0.717, 1.165) is 18.5 Å². The molecule has 0 atom stereocenters. The first-order valence-electron chi connectivity index (χ1n) is 6.98. The number of nitrogens with zero attached hydrogens (tertiary/aromatic N) is 2. The van der Waals surface area contributed by atoms with Gasteiger partial charge in [-0.05, 0) is 50.2 Å². The van der Waals surface area contributed by atoms with Crippen LogP contribution >= 0.6 is 12.4 Å². The smallest absolute Gasteiger partial charge is 0.209 e. The standard InChI is InChI=1S/C15H23N3O2S.ClH.H2O/c1-17(2)8-6-13-11-18(3)15-5-4-12(10-14(13)15)7-9-21(16,19)20;;/h4-5,10-11H,6-9H2,1-3H3,(H2,16,19,20);1H;1H2. The van der Waals surface area contributed by atoms with Gasteiger partial charge in [0.2, 0.25) is 10.0 Å². The van der Waals surface area contributed by atoms with Crippen LogP contribution in [-0.4, -0.2) is 49.8 Å². The molecule has 0 aliphatic rings. The van der Waals surface area contributed by atoms with E-state index in [-0.39, 0.29) is 23.6 Å². The number of rotatable bonds is 6. The predicted octanol–water partition coefficient (Wildman–Crippen LogP) is 0.711. The first-order chi connectivity index (χ1) is 9.76. The number of hydrogen-bond acceptors (Lipinski definition) is 3. The number of fused-ring (bicyclic) bond motifs is 1. The van der Waals surface area contributed by atoms with Crippen molar-refractivity contribution in [1.29, 1.82) is 0 Å². The molecule has 0 saturated heterocycles. The molecule has 132 valence electrons. The lowest BCUT2D eigenvalue weighted by Crippen LogP contribution is -2.17. The average molecular weight is 364 g/mol. The molecule has 1 aromatic heterocycles. The summed E-state index contributed by atoms with van der Waals surface area (Å²) in [5.74, 6) is -0.0155. The van der Waals surface area contributed by atoms with E-state index in [2.05, 4.69) is 35.8 Å². The van der Waals surface area contributed by atoms with Gasteiger partial charge in [-0.15, -0.1) is 12.4 Å². The highest BCUT2D eigenvalue weighted by Crippen LogP contribution is 2.23. The third kappa shape index (κ3) is 6.12. The Morgan fingerprint density at radius 3 is 2.43 bits per heavy atom. The number of sulfonamides is 1. The Balaban J connectivity index is 0.00000242. The van der Waals surface area contributed by atoms with Crippen LogP contribution in [0.3, 0.4) is 0 Å². The normalized spacial score (nSPS) is 11.3. The molecule has 2 aromatic rings. The minimum Gasteiger partial charge on any atom is -0.412 e. The van der Waals surface area contributed by atoms with Crippen LogP contribution in [0.25, 0.3) is 10.9 Å². The molecule has 0 saturated carbocycles. The summed E-state index contributed by atoms with van der Waals surface area (Å²) in [5, 5.41) is 6.27. The molecule has 0 spiro atoms. The Bertz CT molecular complexity index is 742. The van der Waals surface area contributed by atoms with Gasteiger partial charge in [-0.3, -0.25) is 0 Å². The Hall–Kier alpha value is -1.12. The van der Waals surface area contributed by atoms with Crippen LogP contribution in [0.15, 0.2) is 24.4 Å². The number of aryl methyl sites for hydroxylation is 2. The van der Waals surface area contributed by atoms with Crippen LogP contribution in [0.4, 0.5) is 0 Å². The molecule has 0 unspecified atom stereocenters. The lowest BCUT2D eigenvalue weighted by molar-refractivity contribution is 0.414. The molecule has 0 amide bonds. The number of likely N-dealkylation sites (N-methyl/N-ethyl adjacent to an activating group) is 1. The first-order valence-corrected chi connectivity index (χ1v) is 8.70. The van der Waals surface area contributed by atoms with Crippen LogP contribution in [0, 0.1) is 0 Å². The minimum absolute atomic E-state index is 0. The van der Waals surface area contributed by atoms with Crippen molar-refractivity contribution < 1.29 is 13.9 Å². The zero-order chi connectivity index (χ0) is 15.6. The molecule has 0 aliphatic heterocycles. The van der Waals surface area contributed by atoms with Crippen molar-refractivity contribution in [2.24, 2.45) is 12.2 Å². The van der Waals surface area contributed by atoms with Crippen LogP contribution in [0.2, 0.25) is 0 Å². The third-order valence-corrected chi connectivity index (χ3v) is 4.41. The van der Waals surface area contributed by atoms with Crippen LogP contribution in [0.1, 0.15) is 11.1 Å². The van der Waals surface area contributed by atoms with Crippen molar-refractivity contribution in [2.75, 3.05) is 26.4 Å². The van der Waals surface area contributed by atoms with Crippen LogP contribution in [0.5, 0.6) is 0 Å². The number of benzene rings is 1. The van der Waals surface area contributed by atoms with E-state index >= 15 is 0 Å². The second-order valence-electron chi connectivity index (χ2n) is 5.79. The van der Waals surface area contributed by atoms with E-state index < -0.39 is 10.0 Å². The molecule has 2 rings (SSSR count). The molecule has 1 heterocycles. The summed E-state index contributed by atoms with van der Waals surface area (Å²) in [4.78, 5) is 2.16. The van der Waals surface area contributed by atoms with Crippen LogP contribution in [-0.2, 0) is 29.9 Å². The highest BCUT2D eigenvalue weighted by atomic mass is 35.5. The van der Waals surface area contributed by atoms with Gasteiger partial charge in [0.15, 0.2) is 0 Å². The van der Waals surface area contributed by atoms with E-state index in [1.165, 1.54) is 16.5 Å². The Kier molecular flexibility index (Phi) is 8.23. The minimum atomic E-state index is -3.41. The molecule has 4 N–H and O–H groups in total. The molecule has 1 aromatic carbocycles. The Morgan fingerprint density at radius 1 is 1.22 bits per heavy atom. The maximum absolute atomic E-state index is 11.1. The summed E-state index contributed by atoms with van der Waals surface area (Å²) < 4.78 is 24.3. The summed E-state index contributed by atoms with van der Waals surface area (Å²) >= 11 is 0. The summed E-state index contributed by atoms with van der Waals surface area (Å²) in [6, 6.07) is 6.11. The lowest BCUT2D eigenvalue weighted by atomic mass is 10.1. The van der Waals surface area contributed by atoms with Gasteiger partial charge in [-0.2, -0.15) is 0 Å². The first kappa shape index (κ1) is 21.9. The summed E-state index contributed by atoms with van der Waals surface area (Å²) in [7, 11) is 2.74. The van der Waals surface area contributed by atoms with Crippen molar-refractivity contribution in [3.05, 3.63) is 35.5 Å². The number of nitrogens with two attached hydrogens (primary N) is 1. The van der Waals surface area contributed by atoms with Crippen molar-refractivity contribution in [1.82, 2.24) is 9.47 Å². The van der Waals surface area contributed by atoms with Gasteiger partial charge < -0.3 is 14.9 Å². The van der Waals surface area contributed by atoms with Gasteiger partial charge in [0.25, 0.3) is 0 Å². The van der Waals surface area contributed by atoms with Crippen molar-refractivity contribution in [2.45, 2.75) is 12.8 Å². The largest absolute Gasteiger partial charge is 0.412 e. The van der Waals surface area contributed by atoms with Crippen LogP contribution < -0.4 is 5.14 Å². The van der Waals surface area contributed by atoms with E-state index in [1.54, 1.807) is 0 Å². The zero-order valence-corrected chi connectivity index (χ0v) is 15.4. The molecule has 0 fully saturated rings. The fourth-order valence-corrected chi connectivity index (χ4v) is 3.00. The van der Waals surface area contributed by atoms with Gasteiger partial charge in [0, 0.05) is 30.7 Å². The second kappa shape index (κ2) is 8.65. The maximum atomic E-state index is 11.1. The highest BCUT2D eigenvalue weighted by molar-refractivity contribution is 7.89. The molecular weight excluding hydrogens is 338 g/mol. The number of halogens is 1. The van der Waals surface area contributed by atoms with E-state index in [9.17, 15) is 8.42 Å². The van der Waals surface area contributed by atoms with Crippen molar-refractivity contribution in [3.63, 3.8) is 0 Å². The topological polar surface area (TPSA) is 99.8 Å². The molecule has 0 aliphatic carbocycles. The number of primary sulfonamides is 1. The summed E-state index contributed by atoms with van der Waals surface area (Å²) in [6.45, 7) is 0.987. The van der Waals surface area contributed by atoms with Crippen molar-refractivity contribution >= 4 is 33.3 Å². The average Bonchev–Trinajstić information content (AvgIpc) is 2.70. The molecule has 8 heteroatoms. The molecule has 0 radical (unpaired) electrons. The zero-order valence-electron chi connectivity index (χ0n) is 13.7. The fourth-order valence-electron chi connectivity index (χ4n) is 2.48. The monoisotopic (exact) mass is 363 g/mol. The summed E-state index contributed by atoms with van der Waals surface area (Å²) in [6.07, 6.45) is 3.58. The SMILES string of the molecule is CN(C)CCc1cn(C)c2ccc(CCS(N)(=O)=O)cc12.Cl.O. The van der Waals surface area contributed by atoms with Gasteiger partial charge >= 0.3 is 0 Å². The molecule has 0 bridgehead atoms. The van der Waals surface area contributed by atoms with Crippen molar-refractivity contribution in [3.8, 4) is 0 Å². The van der Waals surface area contributed by atoms with E-state index in [1.807, 2.05) is 19.2 Å². The van der Waals surface area contributed by atoms with Gasteiger partial charge in [0.05, 0.1) is 5.75 Å². The number of aromatic nitrogens is 1. The quantitative estimate of drug-likeness (QED) is 0.817. The third-order valence-electron chi connectivity index (χ3n) is 3.64. The van der Waals surface area contributed by atoms with Gasteiger partial charge in [-0.1, -0.05) is 6.07 Å². The van der Waals surface area contributed by atoms with Gasteiger partial charge in [0.1, 0.15) is 0 Å². The molecular formula is C15H26ClN3O3S. The Labute approximate surface area is 144 Å². The lowest BCUT2D eigenvalue weighted by Gasteiger charge is -2.08. The number of hydrogen-bond donors (Lipinski definition) is 1. The maximum Gasteiger partial charge on any atom is 0.209 e. The Morgan fingerprint density at radius 2 is 1.87 bits per heavy atom. The highest BCUT2D eigenvalue weighted by Gasteiger charge is 2.09. The van der Waals surface area contributed by atoms with Gasteiger partial charge in [-0.25, -0.2) is 13.6 Å².